The molecule has 0 N–H and O–H groups in total. The minimum atomic E-state index is 0.440. The van der Waals surface area contributed by atoms with Crippen molar-refractivity contribution in [1.29, 1.82) is 0 Å². The molecule has 2 unspecified atom stereocenters. The Morgan fingerprint density at radius 1 is 1.45 bits per heavy atom. The molecule has 2 saturated carbocycles. The van der Waals surface area contributed by atoms with Crippen molar-refractivity contribution >= 4 is 5.78 Å². The molecule has 2 rings (SSSR count). The molecule has 0 aromatic heterocycles. The van der Waals surface area contributed by atoms with E-state index in [2.05, 4.69) is 6.58 Å². The maximum absolute atomic E-state index is 11.3. The second-order valence-electron chi connectivity index (χ2n) is 3.74. The van der Waals surface area contributed by atoms with Gasteiger partial charge in [0.05, 0.1) is 0 Å². The Morgan fingerprint density at radius 2 is 2.09 bits per heavy atom. The number of carbonyl (C=O) groups is 1. The second kappa shape index (κ2) is 2.47. The fraction of sp³-hybridized carbons (Fsp3) is 0.700. The van der Waals surface area contributed by atoms with Crippen molar-refractivity contribution in [3.8, 4) is 0 Å². The first-order valence-electron chi connectivity index (χ1n) is 4.48. The highest BCUT2D eigenvalue weighted by molar-refractivity contribution is 5.85. The fourth-order valence-electron chi connectivity index (χ4n) is 2.58. The average molecular weight is 150 g/mol. The van der Waals surface area contributed by atoms with E-state index in [0.29, 0.717) is 18.1 Å². The monoisotopic (exact) mass is 150 g/mol. The largest absolute Gasteiger partial charge is 0.299 e. The molecule has 0 radical (unpaired) electrons. The van der Waals surface area contributed by atoms with E-state index < -0.39 is 0 Å². The van der Waals surface area contributed by atoms with Crippen LogP contribution < -0.4 is 0 Å². The van der Waals surface area contributed by atoms with Crippen LogP contribution >= 0.6 is 0 Å². The van der Waals surface area contributed by atoms with Crippen molar-refractivity contribution in [3.05, 3.63) is 12.7 Å². The number of Topliss-reactive ketones (excluding diaryl/α,β-unsaturated/α-hetero) is 1. The smallest absolute Gasteiger partial charge is 0.140 e. The SMILES string of the molecule is C=CCC(=O)C1C2CCCC21. The molecule has 0 amide bonds. The molecule has 0 aliphatic heterocycles. The maximum atomic E-state index is 11.3. The highest BCUT2D eigenvalue weighted by atomic mass is 16.1. The number of allylic oxidation sites excluding steroid dienone is 1. The third-order valence-electron chi connectivity index (χ3n) is 3.12. The molecule has 0 saturated heterocycles. The number of hydrogen-bond acceptors (Lipinski definition) is 1. The lowest BCUT2D eigenvalue weighted by Crippen LogP contribution is -2.03. The predicted molar refractivity (Wildman–Crippen MR) is 44.1 cm³/mol. The first kappa shape index (κ1) is 7.08. The molecule has 1 heteroatoms. The van der Waals surface area contributed by atoms with E-state index in [4.69, 9.17) is 0 Å². The molecule has 2 aliphatic carbocycles. The van der Waals surface area contributed by atoms with Crippen LogP contribution in [0.15, 0.2) is 12.7 Å². The molecule has 0 spiro atoms. The van der Waals surface area contributed by atoms with E-state index in [1.165, 1.54) is 19.3 Å². The van der Waals surface area contributed by atoms with Gasteiger partial charge in [-0.05, 0) is 24.7 Å². The summed E-state index contributed by atoms with van der Waals surface area (Å²) in [5.74, 6) is 2.45. The third-order valence-corrected chi connectivity index (χ3v) is 3.12. The molecule has 1 nitrogen and oxygen atoms in total. The van der Waals surface area contributed by atoms with Crippen molar-refractivity contribution in [2.24, 2.45) is 17.8 Å². The van der Waals surface area contributed by atoms with Gasteiger partial charge in [0, 0.05) is 12.3 Å². The maximum Gasteiger partial charge on any atom is 0.140 e. The van der Waals surface area contributed by atoms with E-state index in [9.17, 15) is 4.79 Å². The van der Waals surface area contributed by atoms with Crippen molar-refractivity contribution in [2.75, 3.05) is 0 Å². The van der Waals surface area contributed by atoms with Crippen LogP contribution in [0.4, 0.5) is 0 Å². The van der Waals surface area contributed by atoms with Crippen molar-refractivity contribution in [2.45, 2.75) is 25.7 Å². The van der Waals surface area contributed by atoms with Crippen LogP contribution in [0.5, 0.6) is 0 Å². The highest BCUT2D eigenvalue weighted by Crippen LogP contribution is 2.58. The lowest BCUT2D eigenvalue weighted by molar-refractivity contribution is -0.120. The van der Waals surface area contributed by atoms with Gasteiger partial charge in [0.15, 0.2) is 0 Å². The Hall–Kier alpha value is -0.590. The Morgan fingerprint density at radius 3 is 2.64 bits per heavy atom. The lowest BCUT2D eigenvalue weighted by Gasteiger charge is -1.98. The van der Waals surface area contributed by atoms with Crippen LogP contribution in [0, 0.1) is 17.8 Å². The number of rotatable bonds is 3. The van der Waals surface area contributed by atoms with E-state index in [1.54, 1.807) is 6.08 Å². The van der Waals surface area contributed by atoms with Gasteiger partial charge in [-0.3, -0.25) is 4.79 Å². The average Bonchev–Trinajstić information content (AvgIpc) is 2.47. The van der Waals surface area contributed by atoms with Crippen LogP contribution in [-0.4, -0.2) is 5.78 Å². The van der Waals surface area contributed by atoms with Crippen LogP contribution in [0.1, 0.15) is 25.7 Å². The Bertz CT molecular complexity index is 185. The predicted octanol–water partition coefficient (Wildman–Crippen LogP) is 2.18. The summed E-state index contributed by atoms with van der Waals surface area (Å²) in [4.78, 5) is 11.3. The molecule has 2 aliphatic rings. The van der Waals surface area contributed by atoms with Gasteiger partial charge in [0.1, 0.15) is 5.78 Å². The van der Waals surface area contributed by atoms with Crippen LogP contribution in [0.25, 0.3) is 0 Å². The molecule has 0 bridgehead atoms. The fourth-order valence-corrected chi connectivity index (χ4v) is 2.58. The minimum Gasteiger partial charge on any atom is -0.299 e. The normalized spacial score (nSPS) is 39.8. The summed E-state index contributed by atoms with van der Waals surface area (Å²) in [6.45, 7) is 3.58. The minimum absolute atomic E-state index is 0.440. The highest BCUT2D eigenvalue weighted by Gasteiger charge is 2.55. The van der Waals surface area contributed by atoms with Gasteiger partial charge in [-0.25, -0.2) is 0 Å². The van der Waals surface area contributed by atoms with Gasteiger partial charge in [0.2, 0.25) is 0 Å². The summed E-state index contributed by atoms with van der Waals surface area (Å²) in [6, 6.07) is 0. The van der Waals surface area contributed by atoms with E-state index in [-0.39, 0.29) is 0 Å². The van der Waals surface area contributed by atoms with Crippen LogP contribution in [0.2, 0.25) is 0 Å². The summed E-state index contributed by atoms with van der Waals surface area (Å²) < 4.78 is 0. The van der Waals surface area contributed by atoms with Crippen molar-refractivity contribution in [1.82, 2.24) is 0 Å². The Balaban J connectivity index is 1.90. The van der Waals surface area contributed by atoms with Gasteiger partial charge in [-0.1, -0.05) is 12.5 Å². The molecule has 0 heterocycles. The van der Waals surface area contributed by atoms with Crippen LogP contribution in [0.3, 0.4) is 0 Å². The Kier molecular flexibility index (Phi) is 1.59. The number of ketones is 1. The van der Waals surface area contributed by atoms with Crippen molar-refractivity contribution in [3.63, 3.8) is 0 Å². The number of hydrogen-bond donors (Lipinski definition) is 0. The number of fused-ring (bicyclic) bond motifs is 1. The topological polar surface area (TPSA) is 17.1 Å². The standard InChI is InChI=1S/C10H14O/c1-2-4-9(11)10-7-5-3-6-8(7)10/h2,7-8,10H,1,3-6H2. The molecule has 60 valence electrons. The number of carbonyl (C=O) groups excluding carboxylic acids is 1. The summed E-state index contributed by atoms with van der Waals surface area (Å²) in [5, 5.41) is 0. The van der Waals surface area contributed by atoms with Crippen molar-refractivity contribution < 1.29 is 4.79 Å². The lowest BCUT2D eigenvalue weighted by atomic mass is 10.1. The van der Waals surface area contributed by atoms with Gasteiger partial charge in [-0.2, -0.15) is 0 Å². The summed E-state index contributed by atoms with van der Waals surface area (Å²) >= 11 is 0. The van der Waals surface area contributed by atoms with Gasteiger partial charge in [-0.15, -0.1) is 6.58 Å². The second-order valence-corrected chi connectivity index (χ2v) is 3.74. The summed E-state index contributed by atoms with van der Waals surface area (Å²) in [5.41, 5.74) is 0. The summed E-state index contributed by atoms with van der Waals surface area (Å²) in [7, 11) is 0. The van der Waals surface area contributed by atoms with Crippen LogP contribution in [-0.2, 0) is 4.79 Å². The molecule has 2 fully saturated rings. The van der Waals surface area contributed by atoms with Gasteiger partial charge < -0.3 is 0 Å². The van der Waals surface area contributed by atoms with Gasteiger partial charge >= 0.3 is 0 Å². The quantitative estimate of drug-likeness (QED) is 0.563. The molecule has 0 aromatic carbocycles. The Labute approximate surface area is 67.5 Å². The van der Waals surface area contributed by atoms with E-state index in [0.717, 1.165) is 11.8 Å². The first-order chi connectivity index (χ1) is 5.34. The third kappa shape index (κ3) is 1.03. The molecule has 11 heavy (non-hydrogen) atoms. The zero-order valence-electron chi connectivity index (χ0n) is 6.75. The van der Waals surface area contributed by atoms with E-state index >= 15 is 0 Å². The zero-order chi connectivity index (χ0) is 7.84. The molecule has 0 aromatic rings. The molecular weight excluding hydrogens is 136 g/mol. The first-order valence-corrected chi connectivity index (χ1v) is 4.48. The van der Waals surface area contributed by atoms with Gasteiger partial charge in [0.25, 0.3) is 0 Å². The molecule has 2 atom stereocenters. The zero-order valence-corrected chi connectivity index (χ0v) is 6.75. The summed E-state index contributed by atoms with van der Waals surface area (Å²) in [6.07, 6.45) is 6.29. The molecular formula is C10H14O. The van der Waals surface area contributed by atoms with E-state index in [1.807, 2.05) is 0 Å².